The van der Waals surface area contributed by atoms with E-state index in [2.05, 4.69) is 27.9 Å². The van der Waals surface area contributed by atoms with Crippen molar-refractivity contribution in [2.45, 2.75) is 0 Å². The van der Waals surface area contributed by atoms with Crippen molar-refractivity contribution in [1.82, 2.24) is 15.3 Å². The first-order chi connectivity index (χ1) is 7.45. The number of amidine groups is 1. The molecule has 0 spiro atoms. The Bertz CT molecular complexity index is 451. The highest BCUT2D eigenvalue weighted by molar-refractivity contribution is 7.81. The van der Waals surface area contributed by atoms with Crippen LogP contribution in [-0.4, -0.2) is 27.5 Å². The molecule has 7 nitrogen and oxygen atoms in total. The summed E-state index contributed by atoms with van der Waals surface area (Å²) in [5, 5.41) is 9.33. The van der Waals surface area contributed by atoms with Crippen molar-refractivity contribution in [2.75, 3.05) is 17.2 Å². The van der Waals surface area contributed by atoms with E-state index in [4.69, 9.17) is 28.5 Å². The average Bonchev–Trinajstić information content (AvgIpc) is 2.23. The van der Waals surface area contributed by atoms with Crippen LogP contribution < -0.4 is 16.8 Å². The first-order valence-corrected chi connectivity index (χ1v) is 5.05. The number of hydrogen-bond donors (Lipinski definition) is 5. The molecule has 0 saturated heterocycles. The van der Waals surface area contributed by atoms with Crippen LogP contribution in [0.5, 0.6) is 0 Å². The minimum absolute atomic E-state index is 0.0556. The summed E-state index contributed by atoms with van der Waals surface area (Å²) in [7, 11) is 0. The van der Waals surface area contributed by atoms with Crippen molar-refractivity contribution in [3.05, 3.63) is 10.8 Å². The van der Waals surface area contributed by atoms with Crippen LogP contribution in [0.25, 0.3) is 0 Å². The van der Waals surface area contributed by atoms with Crippen molar-refractivity contribution < 1.29 is 4.79 Å². The van der Waals surface area contributed by atoms with Gasteiger partial charge in [0.25, 0.3) is 5.91 Å². The lowest BCUT2D eigenvalue weighted by molar-refractivity contribution is 0.0972. The summed E-state index contributed by atoms with van der Waals surface area (Å²) in [5.74, 6) is -0.873. The summed E-state index contributed by atoms with van der Waals surface area (Å²) in [6, 6.07) is 0. The van der Waals surface area contributed by atoms with E-state index in [-0.39, 0.29) is 34.1 Å². The Morgan fingerprint density at radius 1 is 1.44 bits per heavy atom. The molecule has 6 N–H and O–H groups in total. The number of amides is 1. The van der Waals surface area contributed by atoms with Gasteiger partial charge in [0.15, 0.2) is 22.5 Å². The number of aromatic nitrogens is 2. The quantitative estimate of drug-likeness (QED) is 0.289. The summed E-state index contributed by atoms with van der Waals surface area (Å²) in [5.41, 5.74) is 10.6. The molecule has 0 aliphatic heterocycles. The third kappa shape index (κ3) is 2.74. The highest BCUT2D eigenvalue weighted by Gasteiger charge is 2.16. The highest BCUT2D eigenvalue weighted by atomic mass is 35.5. The Balaban J connectivity index is 3.00. The van der Waals surface area contributed by atoms with Crippen LogP contribution in [0.4, 0.5) is 11.6 Å². The molecule has 1 aromatic rings. The molecule has 0 atom stereocenters. The van der Waals surface area contributed by atoms with Gasteiger partial charge in [-0.3, -0.25) is 10.2 Å². The zero-order chi connectivity index (χ0) is 12.3. The number of halogens is 1. The van der Waals surface area contributed by atoms with Crippen molar-refractivity contribution in [3.8, 4) is 0 Å². The fourth-order valence-corrected chi connectivity index (χ4v) is 1.05. The topological polar surface area (TPSA) is 131 Å². The van der Waals surface area contributed by atoms with Gasteiger partial charge in [-0.15, -0.1) is 0 Å². The number of nitrogens with zero attached hydrogens (tertiary/aromatic N) is 2. The Hall–Kier alpha value is -1.54. The molecule has 1 heterocycles. The van der Waals surface area contributed by atoms with Crippen molar-refractivity contribution in [1.29, 1.82) is 5.41 Å². The largest absolute Gasteiger partial charge is 0.382 e. The van der Waals surface area contributed by atoms with Gasteiger partial charge in [-0.1, -0.05) is 11.6 Å². The molecule has 1 amide bonds. The molecule has 86 valence electrons. The van der Waals surface area contributed by atoms with Crippen LogP contribution >= 0.6 is 24.2 Å². The Morgan fingerprint density at radius 2 is 2.06 bits per heavy atom. The van der Waals surface area contributed by atoms with Crippen molar-refractivity contribution in [2.24, 2.45) is 0 Å². The first-order valence-electron chi connectivity index (χ1n) is 4.03. The number of nitrogen functional groups attached to an aromatic ring is 2. The molecule has 0 aromatic carbocycles. The van der Waals surface area contributed by atoms with Crippen LogP contribution in [0.2, 0.25) is 5.15 Å². The molecular weight excluding hydrogens is 252 g/mol. The van der Waals surface area contributed by atoms with Crippen LogP contribution in [-0.2, 0) is 0 Å². The minimum atomic E-state index is -0.675. The maximum Gasteiger partial charge on any atom is 0.279 e. The number of anilines is 2. The van der Waals surface area contributed by atoms with E-state index in [1.807, 2.05) is 0 Å². The molecule has 0 saturated carbocycles. The molecule has 0 radical (unpaired) electrons. The monoisotopic (exact) mass is 260 g/mol. The van der Waals surface area contributed by atoms with E-state index in [0.29, 0.717) is 0 Å². The standard InChI is InChI=1S/C7H9ClN6OS/c8-4-6(11)14-5(10)3(13-4)7(15)12-2(9)1-16/h16H,1H2,(H2,9,12,15)(H4,10,11,14). The van der Waals surface area contributed by atoms with Crippen LogP contribution in [0.1, 0.15) is 10.5 Å². The summed E-state index contributed by atoms with van der Waals surface area (Å²) in [4.78, 5) is 18.8. The predicted octanol–water partition coefficient (Wildman–Crippen LogP) is -0.0687. The van der Waals surface area contributed by atoms with Gasteiger partial charge in [0, 0.05) is 5.75 Å². The maximum absolute atomic E-state index is 11.5. The fourth-order valence-electron chi connectivity index (χ4n) is 0.844. The first kappa shape index (κ1) is 12.5. The number of carbonyl (C=O) groups is 1. The molecule has 0 aliphatic rings. The Labute approximate surface area is 102 Å². The molecule has 0 bridgehead atoms. The van der Waals surface area contributed by atoms with Gasteiger partial charge in [-0.2, -0.15) is 12.6 Å². The lowest BCUT2D eigenvalue weighted by Crippen LogP contribution is -2.32. The smallest absolute Gasteiger partial charge is 0.279 e. The van der Waals surface area contributed by atoms with E-state index in [0.717, 1.165) is 0 Å². The number of nitrogens with two attached hydrogens (primary N) is 2. The van der Waals surface area contributed by atoms with Gasteiger partial charge in [0.1, 0.15) is 5.84 Å². The van der Waals surface area contributed by atoms with E-state index in [1.54, 1.807) is 0 Å². The van der Waals surface area contributed by atoms with Crippen LogP contribution in [0.15, 0.2) is 0 Å². The predicted molar refractivity (Wildman–Crippen MR) is 64.9 cm³/mol. The molecule has 9 heteroatoms. The third-order valence-corrected chi connectivity index (χ3v) is 2.14. The summed E-state index contributed by atoms with van der Waals surface area (Å²) in [6.45, 7) is 0. The summed E-state index contributed by atoms with van der Waals surface area (Å²) in [6.07, 6.45) is 0. The van der Waals surface area contributed by atoms with Gasteiger partial charge < -0.3 is 16.8 Å². The molecule has 0 fully saturated rings. The van der Waals surface area contributed by atoms with Gasteiger partial charge >= 0.3 is 0 Å². The number of thiol groups is 1. The van der Waals surface area contributed by atoms with E-state index in [1.165, 1.54) is 0 Å². The number of rotatable bonds is 2. The lowest BCUT2D eigenvalue weighted by Gasteiger charge is -2.06. The van der Waals surface area contributed by atoms with Crippen LogP contribution in [0, 0.1) is 5.41 Å². The highest BCUT2D eigenvalue weighted by Crippen LogP contribution is 2.16. The van der Waals surface area contributed by atoms with E-state index >= 15 is 0 Å². The van der Waals surface area contributed by atoms with Gasteiger partial charge in [-0.05, 0) is 0 Å². The van der Waals surface area contributed by atoms with Gasteiger partial charge in [-0.25, -0.2) is 9.97 Å². The maximum atomic E-state index is 11.5. The van der Waals surface area contributed by atoms with Gasteiger partial charge in [0.05, 0.1) is 0 Å². The molecule has 1 rings (SSSR count). The lowest BCUT2D eigenvalue weighted by atomic mass is 10.3. The zero-order valence-electron chi connectivity index (χ0n) is 7.99. The molecule has 0 unspecified atom stereocenters. The second-order valence-electron chi connectivity index (χ2n) is 2.72. The fraction of sp³-hybridized carbons (Fsp3) is 0.143. The Morgan fingerprint density at radius 3 is 2.62 bits per heavy atom. The number of carbonyl (C=O) groups excluding carboxylic acids is 1. The summed E-state index contributed by atoms with van der Waals surface area (Å²) < 4.78 is 0. The normalized spacial score (nSPS) is 9.88. The number of hydrogen-bond acceptors (Lipinski definition) is 7. The molecular formula is C7H9ClN6OS. The second kappa shape index (κ2) is 4.99. The minimum Gasteiger partial charge on any atom is -0.382 e. The summed E-state index contributed by atoms with van der Waals surface area (Å²) >= 11 is 9.41. The molecule has 1 aromatic heterocycles. The number of nitrogens with one attached hydrogen (secondary N) is 2. The second-order valence-corrected chi connectivity index (χ2v) is 3.40. The van der Waals surface area contributed by atoms with Gasteiger partial charge in [0.2, 0.25) is 0 Å². The van der Waals surface area contributed by atoms with Crippen molar-refractivity contribution in [3.63, 3.8) is 0 Å². The molecule has 0 aliphatic carbocycles. The zero-order valence-corrected chi connectivity index (χ0v) is 9.64. The average molecular weight is 261 g/mol. The molecule has 16 heavy (non-hydrogen) atoms. The van der Waals surface area contributed by atoms with Crippen molar-refractivity contribution >= 4 is 47.6 Å². The third-order valence-electron chi connectivity index (χ3n) is 1.54. The Kier molecular flexibility index (Phi) is 3.91. The van der Waals surface area contributed by atoms with E-state index in [9.17, 15) is 4.79 Å². The SMILES string of the molecule is N=C(CS)NC(=O)c1nc(Cl)c(N)nc1N. The van der Waals surface area contributed by atoms with E-state index < -0.39 is 5.91 Å². The van der Waals surface area contributed by atoms with Crippen LogP contribution in [0.3, 0.4) is 0 Å².